The second-order valence-corrected chi connectivity index (χ2v) is 9.28. The summed E-state index contributed by atoms with van der Waals surface area (Å²) in [6.07, 6.45) is 6.90. The Bertz CT molecular complexity index is 658. The zero-order chi connectivity index (χ0) is 18.1. The average Bonchev–Trinajstić information content (AvgIpc) is 3.36. The number of nitrogens with one attached hydrogen (secondary N) is 2. The van der Waals surface area contributed by atoms with Crippen LogP contribution in [0.25, 0.3) is 0 Å². The molecule has 4 rings (SSSR count). The summed E-state index contributed by atoms with van der Waals surface area (Å²) in [4.78, 5) is 4.81. The molecule has 1 saturated heterocycles. The van der Waals surface area contributed by atoms with Gasteiger partial charge in [-0.15, -0.1) is 34.2 Å². The fourth-order valence-corrected chi connectivity index (χ4v) is 5.85. The number of hydrogen-bond donors (Lipinski definition) is 2. The maximum absolute atomic E-state index is 6.10. The molecule has 6 nitrogen and oxygen atoms in total. The van der Waals surface area contributed by atoms with E-state index in [-0.39, 0.29) is 24.0 Å². The smallest absolute Gasteiger partial charge is 0.191 e. The van der Waals surface area contributed by atoms with E-state index in [2.05, 4.69) is 41.6 Å². The number of halogens is 1. The monoisotopic (exact) mass is 505 g/mol. The fourth-order valence-electron chi connectivity index (χ4n) is 5.08. The Morgan fingerprint density at radius 2 is 2.11 bits per heavy atom. The Kier molecular flexibility index (Phi) is 7.00. The highest BCUT2D eigenvalue weighted by Crippen LogP contribution is 2.60. The first kappa shape index (κ1) is 21.2. The van der Waals surface area contributed by atoms with Gasteiger partial charge in [0.15, 0.2) is 5.96 Å². The summed E-state index contributed by atoms with van der Waals surface area (Å²) in [6, 6.07) is 0.496. The summed E-state index contributed by atoms with van der Waals surface area (Å²) in [7, 11) is 0. The third-order valence-electron chi connectivity index (χ3n) is 6.27. The first-order valence-electron chi connectivity index (χ1n) is 10.1. The van der Waals surface area contributed by atoms with E-state index in [4.69, 9.17) is 9.73 Å². The van der Waals surface area contributed by atoms with Crippen LogP contribution in [0.15, 0.2) is 4.99 Å². The molecule has 3 atom stereocenters. The summed E-state index contributed by atoms with van der Waals surface area (Å²) < 4.78 is 6.10. The molecular formula is C19H32IN5OS. The van der Waals surface area contributed by atoms with E-state index in [0.717, 1.165) is 29.1 Å². The zero-order valence-electron chi connectivity index (χ0n) is 16.5. The standard InChI is InChI=1S/C19H31N5OS.HI/c1-4-20-18(21-11-14-23-24-17(26-14)12(2)3)22-15-13-7-10-25-16(13)19(15)8-5-6-9-19;/h12-13,15-16H,4-11H2,1-3H3,(H2,20,21,22);1H. The summed E-state index contributed by atoms with van der Waals surface area (Å²) in [6.45, 7) is 8.79. The van der Waals surface area contributed by atoms with Crippen LogP contribution >= 0.6 is 35.3 Å². The molecule has 3 aliphatic rings. The first-order chi connectivity index (χ1) is 12.6. The summed E-state index contributed by atoms with van der Waals surface area (Å²) >= 11 is 1.67. The Hall–Kier alpha value is -0.480. The van der Waals surface area contributed by atoms with E-state index >= 15 is 0 Å². The van der Waals surface area contributed by atoms with Crippen LogP contribution in [0.3, 0.4) is 0 Å². The van der Waals surface area contributed by atoms with Crippen molar-refractivity contribution in [1.29, 1.82) is 0 Å². The number of hydrogen-bond acceptors (Lipinski definition) is 5. The summed E-state index contributed by atoms with van der Waals surface area (Å²) in [5.41, 5.74) is 0.338. The van der Waals surface area contributed by atoms with E-state index in [1.807, 2.05) is 0 Å². The highest BCUT2D eigenvalue weighted by atomic mass is 127. The van der Waals surface area contributed by atoms with Crippen molar-refractivity contribution in [1.82, 2.24) is 20.8 Å². The normalized spacial score (nSPS) is 28.7. The van der Waals surface area contributed by atoms with Gasteiger partial charge in [0.2, 0.25) is 0 Å². The maximum Gasteiger partial charge on any atom is 0.191 e. The SMILES string of the molecule is CCNC(=NCc1nnc(C(C)C)s1)NC1C2CCOC2C12CCCC2.I. The quantitative estimate of drug-likeness (QED) is 0.363. The molecule has 1 aromatic rings. The molecule has 0 radical (unpaired) electrons. The van der Waals surface area contributed by atoms with Gasteiger partial charge in [0, 0.05) is 36.4 Å². The van der Waals surface area contributed by atoms with Crippen molar-refractivity contribution in [3.05, 3.63) is 10.0 Å². The van der Waals surface area contributed by atoms with E-state index < -0.39 is 0 Å². The van der Waals surface area contributed by atoms with Crippen LogP contribution in [-0.4, -0.2) is 41.5 Å². The molecule has 27 heavy (non-hydrogen) atoms. The van der Waals surface area contributed by atoms with Gasteiger partial charge in [0.1, 0.15) is 10.0 Å². The van der Waals surface area contributed by atoms with E-state index in [9.17, 15) is 0 Å². The van der Waals surface area contributed by atoms with Gasteiger partial charge < -0.3 is 15.4 Å². The molecule has 3 unspecified atom stereocenters. The second kappa shape index (κ2) is 8.90. The van der Waals surface area contributed by atoms with Crippen molar-refractivity contribution >= 4 is 41.3 Å². The van der Waals surface area contributed by atoms with Crippen molar-refractivity contribution in [2.45, 2.75) is 77.5 Å². The van der Waals surface area contributed by atoms with Crippen molar-refractivity contribution in [3.8, 4) is 0 Å². The molecule has 1 aromatic heterocycles. The minimum atomic E-state index is 0. The number of aromatic nitrogens is 2. The third-order valence-corrected chi connectivity index (χ3v) is 7.48. The van der Waals surface area contributed by atoms with Gasteiger partial charge in [0.25, 0.3) is 0 Å². The number of guanidine groups is 1. The second-order valence-electron chi connectivity index (χ2n) is 8.19. The number of fused-ring (bicyclic) bond motifs is 2. The van der Waals surface area contributed by atoms with Crippen molar-refractivity contribution in [2.75, 3.05) is 13.2 Å². The van der Waals surface area contributed by atoms with E-state index in [1.54, 1.807) is 11.3 Å². The topological polar surface area (TPSA) is 71.4 Å². The average molecular weight is 505 g/mol. The maximum atomic E-state index is 6.10. The lowest BCUT2D eigenvalue weighted by Gasteiger charge is -2.57. The molecule has 2 saturated carbocycles. The van der Waals surface area contributed by atoms with Gasteiger partial charge in [-0.2, -0.15) is 0 Å². The largest absolute Gasteiger partial charge is 0.377 e. The summed E-state index contributed by atoms with van der Waals surface area (Å²) in [5, 5.41) is 17.8. The van der Waals surface area contributed by atoms with Crippen LogP contribution in [0.2, 0.25) is 0 Å². The Balaban J connectivity index is 0.00000210. The van der Waals surface area contributed by atoms with Crippen LogP contribution in [0, 0.1) is 11.3 Å². The van der Waals surface area contributed by atoms with Gasteiger partial charge in [0.05, 0.1) is 12.6 Å². The van der Waals surface area contributed by atoms with Crippen molar-refractivity contribution < 1.29 is 4.74 Å². The molecule has 8 heteroatoms. The molecule has 1 spiro atoms. The van der Waals surface area contributed by atoms with Crippen LogP contribution in [0.5, 0.6) is 0 Å². The van der Waals surface area contributed by atoms with Crippen LogP contribution < -0.4 is 10.6 Å². The van der Waals surface area contributed by atoms with E-state index in [1.165, 1.54) is 32.1 Å². The lowest BCUT2D eigenvalue weighted by molar-refractivity contribution is -0.125. The highest BCUT2D eigenvalue weighted by molar-refractivity contribution is 14.0. The predicted molar refractivity (Wildman–Crippen MR) is 120 cm³/mol. The van der Waals surface area contributed by atoms with E-state index in [0.29, 0.717) is 35.9 Å². The lowest BCUT2D eigenvalue weighted by atomic mass is 9.54. The van der Waals surface area contributed by atoms with Gasteiger partial charge in [-0.1, -0.05) is 38.0 Å². The predicted octanol–water partition coefficient (Wildman–Crippen LogP) is 3.68. The first-order valence-corrected chi connectivity index (χ1v) is 10.9. The molecule has 3 fully saturated rings. The molecule has 152 valence electrons. The minimum Gasteiger partial charge on any atom is -0.377 e. The number of ether oxygens (including phenoxy) is 1. The van der Waals surface area contributed by atoms with Gasteiger partial charge in [-0.3, -0.25) is 0 Å². The molecule has 2 N–H and O–H groups in total. The summed E-state index contributed by atoms with van der Waals surface area (Å²) in [5.74, 6) is 1.98. The Morgan fingerprint density at radius 3 is 2.78 bits per heavy atom. The lowest BCUT2D eigenvalue weighted by Crippen LogP contribution is -2.69. The van der Waals surface area contributed by atoms with Crippen LogP contribution in [-0.2, 0) is 11.3 Å². The van der Waals surface area contributed by atoms with Crippen LogP contribution in [0.1, 0.15) is 68.8 Å². The fraction of sp³-hybridized carbons (Fsp3) is 0.842. The Morgan fingerprint density at radius 1 is 1.33 bits per heavy atom. The van der Waals surface area contributed by atoms with Crippen molar-refractivity contribution in [3.63, 3.8) is 0 Å². The molecular weight excluding hydrogens is 473 g/mol. The number of aliphatic imine (C=N–C) groups is 1. The number of rotatable bonds is 5. The molecule has 0 amide bonds. The van der Waals surface area contributed by atoms with Gasteiger partial charge >= 0.3 is 0 Å². The molecule has 2 aliphatic carbocycles. The molecule has 0 bridgehead atoms. The van der Waals surface area contributed by atoms with Gasteiger partial charge in [-0.05, 0) is 26.2 Å². The third kappa shape index (κ3) is 3.99. The highest BCUT2D eigenvalue weighted by Gasteiger charge is 2.65. The van der Waals surface area contributed by atoms with Gasteiger partial charge in [-0.25, -0.2) is 4.99 Å². The van der Waals surface area contributed by atoms with Crippen molar-refractivity contribution in [2.24, 2.45) is 16.3 Å². The minimum absolute atomic E-state index is 0. The molecule has 2 heterocycles. The zero-order valence-corrected chi connectivity index (χ0v) is 19.7. The molecule has 0 aromatic carbocycles. The number of nitrogens with zero attached hydrogens (tertiary/aromatic N) is 3. The molecule has 1 aliphatic heterocycles. The van der Waals surface area contributed by atoms with Crippen LogP contribution in [0.4, 0.5) is 0 Å². The Labute approximate surface area is 183 Å².